The van der Waals surface area contributed by atoms with E-state index < -0.39 is 0 Å². The molecule has 1 rings (SSSR count). The molecule has 0 aliphatic carbocycles. The van der Waals surface area contributed by atoms with Gasteiger partial charge in [0.15, 0.2) is 0 Å². The number of nitrogens with zero attached hydrogens (tertiary/aromatic N) is 1. The van der Waals surface area contributed by atoms with Gasteiger partial charge in [-0.2, -0.15) is 0 Å². The summed E-state index contributed by atoms with van der Waals surface area (Å²) in [5.74, 6) is 0. The van der Waals surface area contributed by atoms with E-state index >= 15 is 0 Å². The standard InChI is InChI=1S/C11H17NO/c1-9-7-10(2)11(12-8-9)5-4-6-13-3/h7-8H,4-6H2,1-3H3. The van der Waals surface area contributed by atoms with Crippen LogP contribution in [0.5, 0.6) is 0 Å². The molecule has 0 radical (unpaired) electrons. The van der Waals surface area contributed by atoms with E-state index in [1.165, 1.54) is 16.8 Å². The number of rotatable bonds is 4. The Morgan fingerprint density at radius 2 is 2.15 bits per heavy atom. The van der Waals surface area contributed by atoms with Crippen molar-refractivity contribution in [2.45, 2.75) is 26.7 Å². The minimum atomic E-state index is 0.814. The summed E-state index contributed by atoms with van der Waals surface area (Å²) in [5.41, 5.74) is 3.71. The molecule has 13 heavy (non-hydrogen) atoms. The third kappa shape index (κ3) is 3.15. The number of hydrogen-bond acceptors (Lipinski definition) is 2. The Morgan fingerprint density at radius 3 is 2.77 bits per heavy atom. The van der Waals surface area contributed by atoms with E-state index in [1.54, 1.807) is 7.11 Å². The van der Waals surface area contributed by atoms with Crippen LogP contribution in [0.3, 0.4) is 0 Å². The zero-order chi connectivity index (χ0) is 9.68. The molecular formula is C11H17NO. The maximum Gasteiger partial charge on any atom is 0.0466 e. The molecule has 2 heteroatoms. The van der Waals surface area contributed by atoms with Crippen molar-refractivity contribution in [3.8, 4) is 0 Å². The zero-order valence-electron chi connectivity index (χ0n) is 8.63. The number of aryl methyl sites for hydroxylation is 3. The smallest absolute Gasteiger partial charge is 0.0466 e. The van der Waals surface area contributed by atoms with Gasteiger partial charge in [0, 0.05) is 25.6 Å². The molecule has 0 unspecified atom stereocenters. The highest BCUT2D eigenvalue weighted by molar-refractivity contribution is 5.23. The van der Waals surface area contributed by atoms with Crippen LogP contribution in [-0.4, -0.2) is 18.7 Å². The van der Waals surface area contributed by atoms with Crippen molar-refractivity contribution < 1.29 is 4.74 Å². The van der Waals surface area contributed by atoms with Gasteiger partial charge in [0.1, 0.15) is 0 Å². The van der Waals surface area contributed by atoms with E-state index in [9.17, 15) is 0 Å². The van der Waals surface area contributed by atoms with E-state index in [0.717, 1.165) is 19.4 Å². The van der Waals surface area contributed by atoms with Crippen molar-refractivity contribution in [2.24, 2.45) is 0 Å². The molecule has 0 amide bonds. The molecule has 1 aromatic rings. The van der Waals surface area contributed by atoms with Crippen molar-refractivity contribution >= 4 is 0 Å². The fraction of sp³-hybridized carbons (Fsp3) is 0.545. The molecule has 2 nitrogen and oxygen atoms in total. The Morgan fingerprint density at radius 1 is 1.38 bits per heavy atom. The topological polar surface area (TPSA) is 22.1 Å². The maximum absolute atomic E-state index is 5.00. The van der Waals surface area contributed by atoms with Crippen LogP contribution in [0.2, 0.25) is 0 Å². The Hall–Kier alpha value is -0.890. The summed E-state index contributed by atoms with van der Waals surface area (Å²) >= 11 is 0. The molecule has 1 heterocycles. The van der Waals surface area contributed by atoms with E-state index in [4.69, 9.17) is 4.74 Å². The quantitative estimate of drug-likeness (QED) is 0.661. The van der Waals surface area contributed by atoms with Crippen LogP contribution in [0.25, 0.3) is 0 Å². The number of hydrogen-bond donors (Lipinski definition) is 0. The third-order valence-electron chi connectivity index (χ3n) is 2.09. The molecular weight excluding hydrogens is 162 g/mol. The van der Waals surface area contributed by atoms with Crippen molar-refractivity contribution in [2.75, 3.05) is 13.7 Å². The number of pyridine rings is 1. The monoisotopic (exact) mass is 179 g/mol. The minimum absolute atomic E-state index is 0.814. The Bertz CT molecular complexity index is 271. The maximum atomic E-state index is 5.00. The third-order valence-corrected chi connectivity index (χ3v) is 2.09. The molecule has 0 N–H and O–H groups in total. The van der Waals surface area contributed by atoms with E-state index in [1.807, 2.05) is 6.20 Å². The van der Waals surface area contributed by atoms with Gasteiger partial charge in [-0.15, -0.1) is 0 Å². The SMILES string of the molecule is COCCCc1ncc(C)cc1C. The lowest BCUT2D eigenvalue weighted by atomic mass is 10.1. The van der Waals surface area contributed by atoms with E-state index in [0.29, 0.717) is 0 Å². The van der Waals surface area contributed by atoms with E-state index in [2.05, 4.69) is 24.9 Å². The average molecular weight is 179 g/mol. The van der Waals surface area contributed by atoms with Crippen molar-refractivity contribution in [1.29, 1.82) is 0 Å². The van der Waals surface area contributed by atoms with Crippen LogP contribution >= 0.6 is 0 Å². The molecule has 0 fully saturated rings. The van der Waals surface area contributed by atoms with Gasteiger partial charge in [0.05, 0.1) is 0 Å². The Balaban J connectivity index is 2.56. The second-order valence-corrected chi connectivity index (χ2v) is 3.37. The van der Waals surface area contributed by atoms with Crippen LogP contribution in [0, 0.1) is 13.8 Å². The molecule has 72 valence electrons. The van der Waals surface area contributed by atoms with Gasteiger partial charge in [0.2, 0.25) is 0 Å². The second kappa shape index (κ2) is 4.97. The van der Waals surface area contributed by atoms with Gasteiger partial charge in [-0.3, -0.25) is 4.98 Å². The molecule has 0 saturated heterocycles. The first-order valence-corrected chi connectivity index (χ1v) is 4.65. The van der Waals surface area contributed by atoms with Gasteiger partial charge < -0.3 is 4.74 Å². The number of methoxy groups -OCH3 is 1. The molecule has 0 saturated carbocycles. The highest BCUT2D eigenvalue weighted by Crippen LogP contribution is 2.08. The summed E-state index contributed by atoms with van der Waals surface area (Å²) in [6, 6.07) is 2.18. The van der Waals surface area contributed by atoms with Gasteiger partial charge in [-0.25, -0.2) is 0 Å². The van der Waals surface area contributed by atoms with Crippen LogP contribution in [-0.2, 0) is 11.2 Å². The molecule has 0 aliphatic heterocycles. The summed E-state index contributed by atoms with van der Waals surface area (Å²) < 4.78 is 5.00. The summed E-state index contributed by atoms with van der Waals surface area (Å²) in [5, 5.41) is 0. The summed E-state index contributed by atoms with van der Waals surface area (Å²) in [4.78, 5) is 4.39. The first-order chi connectivity index (χ1) is 6.24. The number of ether oxygens (including phenoxy) is 1. The Labute approximate surface area is 80.0 Å². The molecule has 0 spiro atoms. The summed E-state index contributed by atoms with van der Waals surface area (Å²) in [7, 11) is 1.73. The van der Waals surface area contributed by atoms with Crippen molar-refractivity contribution in [3.63, 3.8) is 0 Å². The normalized spacial score (nSPS) is 10.4. The predicted molar refractivity (Wildman–Crippen MR) is 53.9 cm³/mol. The molecule has 0 aliphatic rings. The summed E-state index contributed by atoms with van der Waals surface area (Å²) in [6.07, 6.45) is 3.99. The Kier molecular flexibility index (Phi) is 3.90. The van der Waals surface area contributed by atoms with Crippen molar-refractivity contribution in [1.82, 2.24) is 4.98 Å². The lowest BCUT2D eigenvalue weighted by molar-refractivity contribution is 0.195. The lowest BCUT2D eigenvalue weighted by Crippen LogP contribution is -1.98. The fourth-order valence-corrected chi connectivity index (χ4v) is 1.39. The minimum Gasteiger partial charge on any atom is -0.385 e. The van der Waals surface area contributed by atoms with Crippen LogP contribution < -0.4 is 0 Å². The summed E-state index contributed by atoms with van der Waals surface area (Å²) in [6.45, 7) is 5.00. The largest absolute Gasteiger partial charge is 0.385 e. The van der Waals surface area contributed by atoms with Crippen LogP contribution in [0.15, 0.2) is 12.3 Å². The molecule has 0 atom stereocenters. The average Bonchev–Trinajstić information content (AvgIpc) is 2.09. The zero-order valence-corrected chi connectivity index (χ0v) is 8.63. The lowest BCUT2D eigenvalue weighted by Gasteiger charge is -2.04. The van der Waals surface area contributed by atoms with Gasteiger partial charge in [-0.05, 0) is 37.8 Å². The molecule has 0 aromatic carbocycles. The highest BCUT2D eigenvalue weighted by Gasteiger charge is 1.99. The van der Waals surface area contributed by atoms with Crippen LogP contribution in [0.4, 0.5) is 0 Å². The van der Waals surface area contributed by atoms with Gasteiger partial charge in [-0.1, -0.05) is 6.07 Å². The first kappa shape index (κ1) is 10.2. The van der Waals surface area contributed by atoms with Gasteiger partial charge >= 0.3 is 0 Å². The fourth-order valence-electron chi connectivity index (χ4n) is 1.39. The van der Waals surface area contributed by atoms with Crippen molar-refractivity contribution in [3.05, 3.63) is 29.1 Å². The first-order valence-electron chi connectivity index (χ1n) is 4.65. The van der Waals surface area contributed by atoms with Gasteiger partial charge in [0.25, 0.3) is 0 Å². The second-order valence-electron chi connectivity index (χ2n) is 3.37. The number of aromatic nitrogens is 1. The highest BCUT2D eigenvalue weighted by atomic mass is 16.5. The molecule has 1 aromatic heterocycles. The van der Waals surface area contributed by atoms with Crippen LogP contribution in [0.1, 0.15) is 23.2 Å². The molecule has 0 bridgehead atoms. The predicted octanol–water partition coefficient (Wildman–Crippen LogP) is 2.28. The van der Waals surface area contributed by atoms with E-state index in [-0.39, 0.29) is 0 Å².